The summed E-state index contributed by atoms with van der Waals surface area (Å²) in [5.74, 6) is -0.679. The molecular weight excluding hydrogens is 295 g/mol. The molecule has 1 rings (SSSR count). The Hall–Kier alpha value is -1.73. The molecule has 0 heterocycles. The Morgan fingerprint density at radius 2 is 2.19 bits per heavy atom. The van der Waals surface area contributed by atoms with Gasteiger partial charge in [-0.25, -0.2) is 12.8 Å². The molecule has 0 bridgehead atoms. The van der Waals surface area contributed by atoms with Crippen molar-refractivity contribution in [3.8, 4) is 0 Å². The molecule has 5 nitrogen and oxygen atoms in total. The van der Waals surface area contributed by atoms with Crippen LogP contribution < -0.4 is 5.32 Å². The molecule has 0 spiro atoms. The maximum absolute atomic E-state index is 13.0. The first kappa shape index (κ1) is 17.3. The Labute approximate surface area is 124 Å². The zero-order valence-electron chi connectivity index (χ0n) is 11.9. The van der Waals surface area contributed by atoms with Gasteiger partial charge in [0.25, 0.3) is 0 Å². The highest BCUT2D eigenvalue weighted by Crippen LogP contribution is 2.04. The molecule has 0 saturated carbocycles. The summed E-state index contributed by atoms with van der Waals surface area (Å²) in [6, 6.07) is 5.79. The van der Waals surface area contributed by atoms with Crippen molar-refractivity contribution in [1.82, 2.24) is 9.62 Å². The van der Waals surface area contributed by atoms with Crippen LogP contribution in [0.15, 0.2) is 36.9 Å². The minimum absolute atomic E-state index is 0.0537. The van der Waals surface area contributed by atoms with Crippen LogP contribution in [0.25, 0.3) is 0 Å². The summed E-state index contributed by atoms with van der Waals surface area (Å²) in [6.07, 6.45) is 2.64. The monoisotopic (exact) mass is 314 g/mol. The number of sulfonamides is 1. The molecule has 0 aromatic heterocycles. The summed E-state index contributed by atoms with van der Waals surface area (Å²) in [5.41, 5.74) is 0.568. The highest BCUT2D eigenvalue weighted by molar-refractivity contribution is 7.88. The molecule has 0 aliphatic carbocycles. The molecule has 21 heavy (non-hydrogen) atoms. The third kappa shape index (κ3) is 6.50. The van der Waals surface area contributed by atoms with E-state index < -0.39 is 15.8 Å². The van der Waals surface area contributed by atoms with E-state index in [9.17, 15) is 17.6 Å². The maximum atomic E-state index is 13.0. The van der Waals surface area contributed by atoms with Gasteiger partial charge in [-0.1, -0.05) is 18.2 Å². The first-order valence-electron chi connectivity index (χ1n) is 6.40. The number of carbonyl (C=O) groups is 1. The Morgan fingerprint density at radius 1 is 1.48 bits per heavy atom. The van der Waals surface area contributed by atoms with Crippen molar-refractivity contribution in [2.24, 2.45) is 0 Å². The molecule has 1 aromatic carbocycles. The number of halogens is 1. The Balaban J connectivity index is 2.44. The highest BCUT2D eigenvalue weighted by Gasteiger charge is 2.14. The zero-order valence-corrected chi connectivity index (χ0v) is 12.7. The van der Waals surface area contributed by atoms with E-state index >= 15 is 0 Å². The normalized spacial score (nSPS) is 11.4. The smallest absolute Gasteiger partial charge is 0.224 e. The second-order valence-corrected chi connectivity index (χ2v) is 6.55. The second kappa shape index (κ2) is 7.90. The van der Waals surface area contributed by atoms with Gasteiger partial charge in [0.15, 0.2) is 0 Å². The minimum atomic E-state index is -3.33. The lowest BCUT2D eigenvalue weighted by Gasteiger charge is -2.18. The summed E-state index contributed by atoms with van der Waals surface area (Å²) < 4.78 is 37.1. The molecule has 0 fully saturated rings. The molecule has 116 valence electrons. The first-order chi connectivity index (χ1) is 9.82. The van der Waals surface area contributed by atoms with Gasteiger partial charge in [0.2, 0.25) is 15.9 Å². The number of hydrogen-bond donors (Lipinski definition) is 1. The maximum Gasteiger partial charge on any atom is 0.224 e. The molecule has 0 unspecified atom stereocenters. The topological polar surface area (TPSA) is 66.5 Å². The van der Waals surface area contributed by atoms with Gasteiger partial charge in [0.05, 0.1) is 12.7 Å². The number of carbonyl (C=O) groups excluding carboxylic acids is 1. The highest BCUT2D eigenvalue weighted by atomic mass is 32.2. The van der Waals surface area contributed by atoms with E-state index in [1.165, 1.54) is 28.6 Å². The molecule has 1 N–H and O–H groups in total. The summed E-state index contributed by atoms with van der Waals surface area (Å²) in [6.45, 7) is 4.04. The molecule has 1 aromatic rings. The molecule has 1 amide bonds. The predicted octanol–water partition coefficient (Wildman–Crippen LogP) is 0.932. The average Bonchev–Trinajstić information content (AvgIpc) is 2.36. The van der Waals surface area contributed by atoms with Crippen molar-refractivity contribution in [3.63, 3.8) is 0 Å². The standard InChI is InChI=1S/C14H19FN2O3S/c1-3-8-17(21(2,19)20)9-7-16-14(18)11-12-5-4-6-13(15)10-12/h3-6,10H,1,7-9,11H2,2H3,(H,16,18). The van der Waals surface area contributed by atoms with Crippen LogP contribution in [0.3, 0.4) is 0 Å². The first-order valence-corrected chi connectivity index (χ1v) is 8.25. The summed E-state index contributed by atoms with van der Waals surface area (Å²) >= 11 is 0. The third-order valence-corrected chi connectivity index (χ3v) is 4.01. The van der Waals surface area contributed by atoms with Crippen LogP contribution in [-0.4, -0.2) is 44.5 Å². The number of amides is 1. The second-order valence-electron chi connectivity index (χ2n) is 4.57. The van der Waals surface area contributed by atoms with Crippen LogP contribution in [0.1, 0.15) is 5.56 Å². The van der Waals surface area contributed by atoms with Gasteiger partial charge >= 0.3 is 0 Å². The Bertz CT molecular complexity index is 602. The molecule has 0 radical (unpaired) electrons. The summed E-state index contributed by atoms with van der Waals surface area (Å²) in [7, 11) is -3.33. The lowest BCUT2D eigenvalue weighted by atomic mass is 10.1. The van der Waals surface area contributed by atoms with Crippen LogP contribution in [-0.2, 0) is 21.2 Å². The van der Waals surface area contributed by atoms with Gasteiger partial charge < -0.3 is 5.32 Å². The van der Waals surface area contributed by atoms with Crippen LogP contribution in [0.2, 0.25) is 0 Å². The van der Waals surface area contributed by atoms with E-state index in [1.807, 2.05) is 0 Å². The van der Waals surface area contributed by atoms with Crippen LogP contribution in [0.4, 0.5) is 4.39 Å². The van der Waals surface area contributed by atoms with Crippen molar-refractivity contribution in [2.45, 2.75) is 6.42 Å². The summed E-state index contributed by atoms with van der Waals surface area (Å²) in [4.78, 5) is 11.7. The summed E-state index contributed by atoms with van der Waals surface area (Å²) in [5, 5.41) is 2.61. The van der Waals surface area contributed by atoms with E-state index in [-0.39, 0.29) is 32.0 Å². The van der Waals surface area contributed by atoms with Crippen LogP contribution in [0, 0.1) is 5.82 Å². The number of nitrogens with zero attached hydrogens (tertiary/aromatic N) is 1. The quantitative estimate of drug-likeness (QED) is 0.726. The molecule has 0 saturated heterocycles. The van der Waals surface area contributed by atoms with Gasteiger partial charge in [-0.05, 0) is 17.7 Å². The lowest BCUT2D eigenvalue weighted by molar-refractivity contribution is -0.120. The minimum Gasteiger partial charge on any atom is -0.354 e. The van der Waals surface area contributed by atoms with E-state index in [0.29, 0.717) is 5.56 Å². The fraction of sp³-hybridized carbons (Fsp3) is 0.357. The SMILES string of the molecule is C=CCN(CCNC(=O)Cc1cccc(F)c1)S(C)(=O)=O. The van der Waals surface area contributed by atoms with E-state index in [0.717, 1.165) is 6.26 Å². The largest absolute Gasteiger partial charge is 0.354 e. The predicted molar refractivity (Wildman–Crippen MR) is 79.7 cm³/mol. The van der Waals surface area contributed by atoms with E-state index in [4.69, 9.17) is 0 Å². The van der Waals surface area contributed by atoms with Gasteiger partial charge in [0, 0.05) is 19.6 Å². The third-order valence-electron chi connectivity index (χ3n) is 2.74. The van der Waals surface area contributed by atoms with Crippen molar-refractivity contribution >= 4 is 15.9 Å². The van der Waals surface area contributed by atoms with Gasteiger partial charge in [0.1, 0.15) is 5.82 Å². The fourth-order valence-electron chi connectivity index (χ4n) is 1.75. The number of benzene rings is 1. The van der Waals surface area contributed by atoms with Crippen LogP contribution in [0.5, 0.6) is 0 Å². The van der Waals surface area contributed by atoms with Crippen molar-refractivity contribution in [2.75, 3.05) is 25.9 Å². The molecule has 0 aliphatic heterocycles. The van der Waals surface area contributed by atoms with Crippen molar-refractivity contribution in [1.29, 1.82) is 0 Å². The van der Waals surface area contributed by atoms with E-state index in [1.54, 1.807) is 6.07 Å². The Morgan fingerprint density at radius 3 is 2.76 bits per heavy atom. The van der Waals surface area contributed by atoms with Gasteiger partial charge in [-0.2, -0.15) is 4.31 Å². The van der Waals surface area contributed by atoms with Crippen LogP contribution >= 0.6 is 0 Å². The van der Waals surface area contributed by atoms with Gasteiger partial charge in [-0.3, -0.25) is 4.79 Å². The van der Waals surface area contributed by atoms with Crippen molar-refractivity contribution < 1.29 is 17.6 Å². The molecular formula is C14H19FN2O3S. The van der Waals surface area contributed by atoms with Gasteiger partial charge in [-0.15, -0.1) is 6.58 Å². The lowest BCUT2D eigenvalue weighted by Crippen LogP contribution is -2.38. The van der Waals surface area contributed by atoms with Crippen molar-refractivity contribution in [3.05, 3.63) is 48.3 Å². The molecule has 7 heteroatoms. The zero-order chi connectivity index (χ0) is 15.9. The molecule has 0 atom stereocenters. The number of rotatable bonds is 8. The fourth-order valence-corrected chi connectivity index (χ4v) is 2.55. The Kier molecular flexibility index (Phi) is 6.51. The number of hydrogen-bond acceptors (Lipinski definition) is 3. The molecule has 0 aliphatic rings. The number of nitrogens with one attached hydrogen (secondary N) is 1. The van der Waals surface area contributed by atoms with E-state index in [2.05, 4.69) is 11.9 Å². The average molecular weight is 314 g/mol.